The third-order valence-electron chi connectivity index (χ3n) is 2.92. The van der Waals surface area contributed by atoms with Crippen molar-refractivity contribution in [3.63, 3.8) is 0 Å². The zero-order chi connectivity index (χ0) is 12.2. The van der Waals surface area contributed by atoms with Crippen molar-refractivity contribution in [3.05, 3.63) is 23.8 Å². The Morgan fingerprint density at radius 3 is 2.44 bits per heavy atom. The summed E-state index contributed by atoms with van der Waals surface area (Å²) in [5.41, 5.74) is 1.12. The minimum absolute atomic E-state index is 0.0541. The van der Waals surface area contributed by atoms with Gasteiger partial charge in [0.15, 0.2) is 0 Å². The Hall–Kier alpha value is -0.460. The molecule has 0 aliphatic heterocycles. The van der Waals surface area contributed by atoms with E-state index in [1.165, 1.54) is 0 Å². The second-order valence-corrected chi connectivity index (χ2v) is 5.71. The summed E-state index contributed by atoms with van der Waals surface area (Å²) in [6.07, 6.45) is 0.971. The molecule has 1 aromatic rings. The van der Waals surface area contributed by atoms with Crippen LogP contribution in [0.25, 0.3) is 0 Å². The number of benzene rings is 1. The number of hydrogen-bond acceptors (Lipinski definition) is 2. The predicted molar refractivity (Wildman–Crippen MR) is 71.4 cm³/mol. The summed E-state index contributed by atoms with van der Waals surface area (Å²) in [6, 6.07) is 5.84. The molecule has 0 saturated heterocycles. The molecule has 0 N–H and O–H groups in total. The van der Waals surface area contributed by atoms with Crippen LogP contribution in [0.3, 0.4) is 0 Å². The van der Waals surface area contributed by atoms with E-state index in [4.69, 9.17) is 20.7 Å². The van der Waals surface area contributed by atoms with Crippen molar-refractivity contribution in [1.29, 1.82) is 0 Å². The maximum absolute atomic E-state index is 6.10. The van der Waals surface area contributed by atoms with Gasteiger partial charge in [-0.3, -0.25) is 0 Å². The molecule has 0 heterocycles. The molecule has 0 fully saturated rings. The molecule has 2 atom stereocenters. The molecule has 2 nitrogen and oxygen atoms in total. The minimum Gasteiger partial charge on any atom is -0.497 e. The molecular formula is C12H18ClO2P. The summed E-state index contributed by atoms with van der Waals surface area (Å²) in [5.74, 6) is 1.71. The molecule has 0 aliphatic rings. The van der Waals surface area contributed by atoms with Gasteiger partial charge in [0.25, 0.3) is 0 Å². The van der Waals surface area contributed by atoms with Gasteiger partial charge in [-0.25, -0.2) is 0 Å². The van der Waals surface area contributed by atoms with Crippen LogP contribution in [0.4, 0.5) is 0 Å². The fourth-order valence-electron chi connectivity index (χ4n) is 1.55. The predicted octanol–water partition coefficient (Wildman–Crippen LogP) is 4.16. The highest BCUT2D eigenvalue weighted by atomic mass is 35.7. The molecule has 0 aliphatic carbocycles. The lowest BCUT2D eigenvalue weighted by Crippen LogP contribution is -2.14. The largest absolute Gasteiger partial charge is 0.497 e. The van der Waals surface area contributed by atoms with E-state index in [-0.39, 0.29) is 5.16 Å². The van der Waals surface area contributed by atoms with Gasteiger partial charge in [0, 0.05) is 10.7 Å². The van der Waals surface area contributed by atoms with E-state index < -0.39 is 0 Å². The lowest BCUT2D eigenvalue weighted by molar-refractivity contribution is 0.393. The second kappa shape index (κ2) is 5.75. The SMILES string of the molecule is CCC(C)(PCl)c1cc(OC)ccc1OC. The Labute approximate surface area is 104 Å². The zero-order valence-corrected chi connectivity index (χ0v) is 11.9. The van der Waals surface area contributed by atoms with Crippen LogP contribution in [-0.4, -0.2) is 14.2 Å². The lowest BCUT2D eigenvalue weighted by Gasteiger charge is -2.28. The standard InChI is InChI=1S/C12H18ClO2P/c1-5-12(2,16-13)10-8-9(14-3)6-7-11(10)15-4/h6-8,16H,5H2,1-4H3. The van der Waals surface area contributed by atoms with Crippen LogP contribution in [0.5, 0.6) is 11.5 Å². The van der Waals surface area contributed by atoms with Crippen molar-refractivity contribution in [3.8, 4) is 11.5 Å². The first-order valence-corrected chi connectivity index (χ1v) is 7.22. The summed E-state index contributed by atoms with van der Waals surface area (Å²) in [5, 5.41) is -0.0541. The summed E-state index contributed by atoms with van der Waals surface area (Å²) >= 11 is 6.10. The Kier molecular flexibility index (Phi) is 4.89. The van der Waals surface area contributed by atoms with E-state index in [0.717, 1.165) is 23.5 Å². The molecule has 0 saturated carbocycles. The van der Waals surface area contributed by atoms with E-state index in [1.54, 1.807) is 14.2 Å². The van der Waals surface area contributed by atoms with Gasteiger partial charge in [0.2, 0.25) is 0 Å². The normalized spacial score (nSPS) is 15.1. The highest BCUT2D eigenvalue weighted by Crippen LogP contribution is 2.50. The van der Waals surface area contributed by atoms with Gasteiger partial charge < -0.3 is 9.47 Å². The van der Waals surface area contributed by atoms with Crippen LogP contribution in [-0.2, 0) is 5.16 Å². The van der Waals surface area contributed by atoms with Crippen molar-refractivity contribution >= 4 is 19.2 Å². The number of halogens is 1. The molecular weight excluding hydrogens is 243 g/mol. The summed E-state index contributed by atoms with van der Waals surface area (Å²) in [6.45, 7) is 4.28. The smallest absolute Gasteiger partial charge is 0.123 e. The fraction of sp³-hybridized carbons (Fsp3) is 0.500. The fourth-order valence-corrected chi connectivity index (χ4v) is 2.69. The topological polar surface area (TPSA) is 18.5 Å². The van der Waals surface area contributed by atoms with Crippen LogP contribution in [0.2, 0.25) is 0 Å². The van der Waals surface area contributed by atoms with Crippen LogP contribution in [0.15, 0.2) is 18.2 Å². The highest BCUT2D eigenvalue weighted by molar-refractivity contribution is 7.69. The number of ether oxygens (including phenoxy) is 2. The average molecular weight is 261 g/mol. The number of methoxy groups -OCH3 is 2. The van der Waals surface area contributed by atoms with Crippen molar-refractivity contribution < 1.29 is 9.47 Å². The van der Waals surface area contributed by atoms with Crippen LogP contribution in [0, 0.1) is 0 Å². The number of rotatable bonds is 5. The van der Waals surface area contributed by atoms with Gasteiger partial charge >= 0.3 is 0 Å². The summed E-state index contributed by atoms with van der Waals surface area (Å²) in [7, 11) is 3.66. The second-order valence-electron chi connectivity index (χ2n) is 3.85. The Bertz CT molecular complexity index is 351. The van der Waals surface area contributed by atoms with Crippen LogP contribution < -0.4 is 9.47 Å². The first kappa shape index (κ1) is 13.6. The molecule has 0 radical (unpaired) electrons. The first-order chi connectivity index (χ1) is 7.61. The molecule has 1 rings (SSSR count). The average Bonchev–Trinajstić information content (AvgIpc) is 2.37. The van der Waals surface area contributed by atoms with Crippen molar-refractivity contribution in [2.75, 3.05) is 14.2 Å². The van der Waals surface area contributed by atoms with Crippen molar-refractivity contribution in [2.24, 2.45) is 0 Å². The quantitative estimate of drug-likeness (QED) is 0.740. The Balaban J connectivity index is 3.27. The van der Waals surface area contributed by atoms with E-state index in [9.17, 15) is 0 Å². The van der Waals surface area contributed by atoms with Gasteiger partial charge in [0.05, 0.1) is 14.2 Å². The summed E-state index contributed by atoms with van der Waals surface area (Å²) < 4.78 is 10.6. The minimum atomic E-state index is -0.0541. The molecule has 0 spiro atoms. The lowest BCUT2D eigenvalue weighted by atomic mass is 9.96. The van der Waals surface area contributed by atoms with Crippen LogP contribution in [0.1, 0.15) is 25.8 Å². The van der Waals surface area contributed by atoms with E-state index >= 15 is 0 Å². The number of hydrogen-bond donors (Lipinski definition) is 0. The summed E-state index contributed by atoms with van der Waals surface area (Å²) in [4.78, 5) is 0. The molecule has 16 heavy (non-hydrogen) atoms. The van der Waals surface area contributed by atoms with Crippen molar-refractivity contribution in [2.45, 2.75) is 25.4 Å². The Morgan fingerprint density at radius 1 is 1.31 bits per heavy atom. The van der Waals surface area contributed by atoms with Gasteiger partial charge in [-0.15, -0.1) is 0 Å². The molecule has 0 bridgehead atoms. The van der Waals surface area contributed by atoms with Crippen molar-refractivity contribution in [1.82, 2.24) is 0 Å². The van der Waals surface area contributed by atoms with Gasteiger partial charge in [-0.1, -0.05) is 25.1 Å². The van der Waals surface area contributed by atoms with E-state index in [2.05, 4.69) is 13.8 Å². The molecule has 2 unspecified atom stereocenters. The maximum Gasteiger partial charge on any atom is 0.123 e. The molecule has 0 aromatic heterocycles. The third-order valence-corrected chi connectivity index (χ3v) is 5.21. The van der Waals surface area contributed by atoms with Gasteiger partial charge in [0.1, 0.15) is 11.5 Å². The van der Waals surface area contributed by atoms with E-state index in [1.807, 2.05) is 18.2 Å². The highest BCUT2D eigenvalue weighted by Gasteiger charge is 2.27. The zero-order valence-electron chi connectivity index (χ0n) is 10.1. The van der Waals surface area contributed by atoms with Gasteiger partial charge in [-0.05, 0) is 32.6 Å². The molecule has 0 amide bonds. The van der Waals surface area contributed by atoms with Crippen LogP contribution >= 0.6 is 19.2 Å². The monoisotopic (exact) mass is 260 g/mol. The third kappa shape index (κ3) is 2.61. The Morgan fingerprint density at radius 2 is 2.00 bits per heavy atom. The molecule has 90 valence electrons. The van der Waals surface area contributed by atoms with Gasteiger partial charge in [-0.2, -0.15) is 0 Å². The maximum atomic E-state index is 6.10. The molecule has 1 aromatic carbocycles. The van der Waals surface area contributed by atoms with E-state index in [0.29, 0.717) is 7.93 Å². The molecule has 4 heteroatoms. The first-order valence-electron chi connectivity index (χ1n) is 5.21.